The predicted octanol–water partition coefficient (Wildman–Crippen LogP) is 3.89. The van der Waals surface area contributed by atoms with Crippen LogP contribution < -0.4 is 4.72 Å². The molecule has 3 aromatic carbocycles. The highest BCUT2D eigenvalue weighted by Gasteiger charge is 2.27. The smallest absolute Gasteiger partial charge is 0.262 e. The van der Waals surface area contributed by atoms with Crippen molar-refractivity contribution in [3.63, 3.8) is 0 Å². The Labute approximate surface area is 186 Å². The minimum atomic E-state index is -4.04. The summed E-state index contributed by atoms with van der Waals surface area (Å²) in [6.45, 7) is -0.0336. The fraction of sp³-hybridized carbons (Fsp3) is 0.0870. The van der Waals surface area contributed by atoms with E-state index >= 15 is 0 Å². The largest absolute Gasteiger partial charge is 0.435 e. The standard InChI is InChI=1S/C23H20N2O5S2/c1-31(26,27)20-14-12-17(13-15-20)16-24-32(28,29)23-21(18-8-4-2-5-9-18)30-22(25-23)19-10-6-3-7-11-19/h2-15,24H,16H2,1H3. The van der Waals surface area contributed by atoms with E-state index in [0.717, 1.165) is 6.26 Å². The second-order valence-electron chi connectivity index (χ2n) is 7.13. The summed E-state index contributed by atoms with van der Waals surface area (Å²) in [5.41, 5.74) is 1.84. The molecule has 0 spiro atoms. The Hall–Kier alpha value is -3.27. The summed E-state index contributed by atoms with van der Waals surface area (Å²) in [5, 5.41) is -0.213. The van der Waals surface area contributed by atoms with E-state index in [1.54, 1.807) is 48.5 Å². The van der Waals surface area contributed by atoms with Crippen LogP contribution in [0.5, 0.6) is 0 Å². The Morgan fingerprint density at radius 3 is 1.91 bits per heavy atom. The third-order valence-corrected chi connectivity index (χ3v) is 7.16. The summed E-state index contributed by atoms with van der Waals surface area (Å²) in [7, 11) is -7.36. The Bertz CT molecular complexity index is 1430. The summed E-state index contributed by atoms with van der Waals surface area (Å²) in [6, 6.07) is 23.9. The molecule has 0 radical (unpaired) electrons. The Morgan fingerprint density at radius 1 is 0.781 bits per heavy atom. The average Bonchev–Trinajstić information content (AvgIpc) is 3.25. The van der Waals surface area contributed by atoms with E-state index in [1.165, 1.54) is 12.1 Å². The molecule has 164 valence electrons. The van der Waals surface area contributed by atoms with Crippen LogP contribution in [0.1, 0.15) is 5.56 Å². The molecule has 1 N–H and O–H groups in total. The SMILES string of the molecule is CS(=O)(=O)c1ccc(CNS(=O)(=O)c2nc(-c3ccccc3)oc2-c2ccccc2)cc1. The van der Waals surface area contributed by atoms with Crippen LogP contribution in [0.2, 0.25) is 0 Å². The summed E-state index contributed by atoms with van der Waals surface area (Å²) in [6.07, 6.45) is 1.12. The van der Waals surface area contributed by atoms with Crippen LogP contribution in [0.3, 0.4) is 0 Å². The zero-order valence-corrected chi connectivity index (χ0v) is 18.7. The quantitative estimate of drug-likeness (QED) is 0.441. The highest BCUT2D eigenvalue weighted by molar-refractivity contribution is 7.90. The molecule has 0 aliphatic rings. The molecule has 32 heavy (non-hydrogen) atoms. The fourth-order valence-corrected chi connectivity index (χ4v) is 4.80. The summed E-state index contributed by atoms with van der Waals surface area (Å²) in [4.78, 5) is 4.46. The van der Waals surface area contributed by atoms with E-state index in [-0.39, 0.29) is 28.1 Å². The first kappa shape index (κ1) is 21.9. The number of sulfonamides is 1. The molecule has 0 aliphatic heterocycles. The van der Waals surface area contributed by atoms with Gasteiger partial charge in [-0.05, 0) is 29.8 Å². The molecule has 0 amide bonds. The lowest BCUT2D eigenvalue weighted by Gasteiger charge is -2.07. The molecular formula is C23H20N2O5S2. The van der Waals surface area contributed by atoms with E-state index in [9.17, 15) is 16.8 Å². The Morgan fingerprint density at radius 2 is 1.34 bits per heavy atom. The van der Waals surface area contributed by atoms with Crippen molar-refractivity contribution in [2.75, 3.05) is 6.26 Å². The van der Waals surface area contributed by atoms with Gasteiger partial charge in [0.15, 0.2) is 15.6 Å². The third-order valence-electron chi connectivity index (χ3n) is 4.73. The van der Waals surface area contributed by atoms with Crippen LogP contribution in [0.4, 0.5) is 0 Å². The molecule has 0 saturated heterocycles. The van der Waals surface area contributed by atoms with Crippen molar-refractivity contribution in [3.05, 3.63) is 90.5 Å². The highest BCUT2D eigenvalue weighted by Crippen LogP contribution is 2.32. The minimum Gasteiger partial charge on any atom is -0.435 e. The maximum absolute atomic E-state index is 13.1. The Kier molecular flexibility index (Phi) is 5.96. The fourth-order valence-electron chi connectivity index (χ4n) is 3.07. The first-order chi connectivity index (χ1) is 15.2. The molecule has 4 rings (SSSR count). The second-order valence-corrected chi connectivity index (χ2v) is 10.8. The maximum Gasteiger partial charge on any atom is 0.262 e. The van der Waals surface area contributed by atoms with Gasteiger partial charge in [-0.15, -0.1) is 0 Å². The van der Waals surface area contributed by atoms with Crippen LogP contribution in [0, 0.1) is 0 Å². The highest BCUT2D eigenvalue weighted by atomic mass is 32.2. The molecule has 9 heteroatoms. The monoisotopic (exact) mass is 468 g/mol. The van der Waals surface area contributed by atoms with Gasteiger partial charge in [-0.3, -0.25) is 0 Å². The van der Waals surface area contributed by atoms with Crippen molar-refractivity contribution in [1.29, 1.82) is 0 Å². The van der Waals surface area contributed by atoms with Crippen molar-refractivity contribution >= 4 is 19.9 Å². The number of hydrogen-bond donors (Lipinski definition) is 1. The van der Waals surface area contributed by atoms with Crippen molar-refractivity contribution in [3.8, 4) is 22.8 Å². The van der Waals surface area contributed by atoms with Crippen molar-refractivity contribution in [1.82, 2.24) is 9.71 Å². The average molecular weight is 469 g/mol. The van der Waals surface area contributed by atoms with Gasteiger partial charge in [0.2, 0.25) is 10.9 Å². The molecule has 0 fully saturated rings. The lowest BCUT2D eigenvalue weighted by atomic mass is 10.2. The van der Waals surface area contributed by atoms with Crippen LogP contribution in [-0.2, 0) is 26.4 Å². The van der Waals surface area contributed by atoms with Gasteiger partial charge in [0.05, 0.1) is 4.90 Å². The van der Waals surface area contributed by atoms with Crippen molar-refractivity contribution in [2.45, 2.75) is 16.5 Å². The number of nitrogens with one attached hydrogen (secondary N) is 1. The number of benzene rings is 3. The molecule has 4 aromatic rings. The summed E-state index contributed by atoms with van der Waals surface area (Å²) < 4.78 is 57.9. The molecule has 1 aromatic heterocycles. The summed E-state index contributed by atoms with van der Waals surface area (Å²) in [5.74, 6) is 0.340. The van der Waals surface area contributed by atoms with Gasteiger partial charge in [0, 0.05) is 23.9 Å². The van der Waals surface area contributed by atoms with Gasteiger partial charge >= 0.3 is 0 Å². The van der Waals surface area contributed by atoms with Crippen molar-refractivity contribution < 1.29 is 21.3 Å². The zero-order chi connectivity index (χ0) is 22.8. The van der Waals surface area contributed by atoms with Gasteiger partial charge < -0.3 is 4.42 Å². The van der Waals surface area contributed by atoms with E-state index < -0.39 is 19.9 Å². The lowest BCUT2D eigenvalue weighted by Crippen LogP contribution is -2.24. The zero-order valence-electron chi connectivity index (χ0n) is 17.1. The minimum absolute atomic E-state index is 0.0336. The number of rotatable bonds is 7. The van der Waals surface area contributed by atoms with E-state index in [0.29, 0.717) is 16.7 Å². The molecule has 1 heterocycles. The second kappa shape index (κ2) is 8.70. The van der Waals surface area contributed by atoms with Crippen LogP contribution in [-0.4, -0.2) is 28.1 Å². The predicted molar refractivity (Wildman–Crippen MR) is 121 cm³/mol. The first-order valence-corrected chi connectivity index (χ1v) is 13.0. The molecule has 0 aliphatic carbocycles. The van der Waals surface area contributed by atoms with Gasteiger partial charge in [-0.25, -0.2) is 21.6 Å². The normalized spacial score (nSPS) is 12.0. The number of oxazole rings is 1. The third kappa shape index (κ3) is 4.80. The lowest BCUT2D eigenvalue weighted by molar-refractivity contribution is 0.571. The number of aromatic nitrogens is 1. The molecule has 0 atom stereocenters. The molecule has 7 nitrogen and oxygen atoms in total. The number of hydrogen-bond acceptors (Lipinski definition) is 6. The van der Waals surface area contributed by atoms with Gasteiger partial charge in [-0.2, -0.15) is 4.98 Å². The van der Waals surface area contributed by atoms with Gasteiger partial charge in [0.1, 0.15) is 0 Å². The van der Waals surface area contributed by atoms with Crippen LogP contribution >= 0.6 is 0 Å². The van der Waals surface area contributed by atoms with Crippen LogP contribution in [0.25, 0.3) is 22.8 Å². The van der Waals surface area contributed by atoms with Crippen LogP contribution in [0.15, 0.2) is 99.3 Å². The van der Waals surface area contributed by atoms with Gasteiger partial charge in [-0.1, -0.05) is 60.7 Å². The number of nitrogens with zero attached hydrogens (tertiary/aromatic N) is 1. The molecule has 0 saturated carbocycles. The maximum atomic E-state index is 13.1. The van der Waals surface area contributed by atoms with E-state index in [1.807, 2.05) is 24.3 Å². The Balaban J connectivity index is 1.67. The van der Waals surface area contributed by atoms with Gasteiger partial charge in [0.25, 0.3) is 10.0 Å². The molecule has 0 unspecified atom stereocenters. The first-order valence-electron chi connectivity index (χ1n) is 9.64. The van der Waals surface area contributed by atoms with E-state index in [4.69, 9.17) is 4.42 Å². The topological polar surface area (TPSA) is 106 Å². The van der Waals surface area contributed by atoms with Crippen molar-refractivity contribution in [2.24, 2.45) is 0 Å². The molecule has 0 bridgehead atoms. The molecular weight excluding hydrogens is 448 g/mol. The summed E-state index contributed by atoms with van der Waals surface area (Å²) >= 11 is 0. The number of sulfone groups is 1. The van der Waals surface area contributed by atoms with E-state index in [2.05, 4.69) is 9.71 Å².